The van der Waals surface area contributed by atoms with Crippen LogP contribution in [0.5, 0.6) is 0 Å². The molecule has 0 unspecified atom stereocenters. The lowest BCUT2D eigenvalue weighted by Gasteiger charge is -2.08. The summed E-state index contributed by atoms with van der Waals surface area (Å²) in [6.07, 6.45) is 4.02. The van der Waals surface area contributed by atoms with Gasteiger partial charge < -0.3 is 10.4 Å². The Kier molecular flexibility index (Phi) is 6.42. The summed E-state index contributed by atoms with van der Waals surface area (Å²) in [5.74, 6) is -0.231. The molecule has 0 saturated carbocycles. The number of nitrogens with one attached hydrogen (secondary N) is 1. The van der Waals surface area contributed by atoms with Gasteiger partial charge in [0.1, 0.15) is 5.82 Å². The molecule has 1 rings (SSSR count). The first-order valence-corrected chi connectivity index (χ1v) is 6.33. The fourth-order valence-corrected chi connectivity index (χ4v) is 1.83. The predicted octanol–water partition coefficient (Wildman–Crippen LogP) is 3.55. The number of halogens is 2. The van der Waals surface area contributed by atoms with E-state index in [9.17, 15) is 4.39 Å². The molecule has 2 nitrogen and oxygen atoms in total. The van der Waals surface area contributed by atoms with Crippen LogP contribution in [0.1, 0.15) is 25.7 Å². The molecule has 1 aromatic carbocycles. The molecule has 0 radical (unpaired) electrons. The summed E-state index contributed by atoms with van der Waals surface area (Å²) in [7, 11) is 0. The van der Waals surface area contributed by atoms with E-state index in [-0.39, 0.29) is 12.4 Å². The predicted molar refractivity (Wildman–Crippen MR) is 68.1 cm³/mol. The van der Waals surface area contributed by atoms with E-state index in [0.29, 0.717) is 0 Å². The summed E-state index contributed by atoms with van der Waals surface area (Å²) in [6, 6.07) is 4.61. The second-order valence-electron chi connectivity index (χ2n) is 3.69. The summed E-state index contributed by atoms with van der Waals surface area (Å²) < 4.78 is 13.8. The maximum atomic E-state index is 12.9. The number of unbranched alkanes of at least 4 members (excludes halogenated alkanes) is 3. The topological polar surface area (TPSA) is 32.3 Å². The molecule has 0 aromatic heterocycles. The molecule has 0 spiro atoms. The molecule has 0 saturated heterocycles. The van der Waals surface area contributed by atoms with Crippen molar-refractivity contribution in [1.82, 2.24) is 0 Å². The van der Waals surface area contributed by atoms with E-state index in [0.717, 1.165) is 42.4 Å². The third kappa shape index (κ3) is 4.94. The highest BCUT2D eigenvalue weighted by Crippen LogP contribution is 2.22. The van der Waals surface area contributed by atoms with Crippen molar-refractivity contribution in [3.63, 3.8) is 0 Å². The number of aliphatic hydroxyl groups is 1. The highest BCUT2D eigenvalue weighted by atomic mass is 79.9. The number of anilines is 1. The molecule has 0 heterocycles. The van der Waals surface area contributed by atoms with Crippen LogP contribution in [0.3, 0.4) is 0 Å². The van der Waals surface area contributed by atoms with E-state index in [1.165, 1.54) is 12.1 Å². The fourth-order valence-electron chi connectivity index (χ4n) is 1.45. The standard InChI is InChI=1S/C12H17BrFNO/c13-11-6-5-10(14)9-12(11)15-7-3-1-2-4-8-16/h5-6,9,15-16H,1-4,7-8H2. The molecular formula is C12H17BrFNO. The number of aliphatic hydroxyl groups excluding tert-OH is 1. The molecule has 4 heteroatoms. The van der Waals surface area contributed by atoms with Crippen LogP contribution in [0, 0.1) is 5.82 Å². The molecule has 0 aliphatic carbocycles. The van der Waals surface area contributed by atoms with Gasteiger partial charge >= 0.3 is 0 Å². The number of hydrogen-bond acceptors (Lipinski definition) is 2. The number of hydrogen-bond donors (Lipinski definition) is 2. The number of benzene rings is 1. The molecule has 2 N–H and O–H groups in total. The van der Waals surface area contributed by atoms with Crippen LogP contribution in [-0.2, 0) is 0 Å². The lowest BCUT2D eigenvalue weighted by molar-refractivity contribution is 0.283. The average Bonchev–Trinajstić information content (AvgIpc) is 2.28. The zero-order valence-electron chi connectivity index (χ0n) is 9.18. The Morgan fingerprint density at radius 3 is 2.69 bits per heavy atom. The van der Waals surface area contributed by atoms with Gasteiger partial charge in [0.05, 0.1) is 5.69 Å². The van der Waals surface area contributed by atoms with Crippen LogP contribution in [0.4, 0.5) is 10.1 Å². The van der Waals surface area contributed by atoms with Gasteiger partial charge in [-0.1, -0.05) is 12.8 Å². The zero-order valence-corrected chi connectivity index (χ0v) is 10.8. The monoisotopic (exact) mass is 289 g/mol. The van der Waals surface area contributed by atoms with Crippen LogP contribution < -0.4 is 5.32 Å². The highest BCUT2D eigenvalue weighted by molar-refractivity contribution is 9.10. The molecule has 0 atom stereocenters. The van der Waals surface area contributed by atoms with Crippen molar-refractivity contribution in [2.75, 3.05) is 18.5 Å². The summed E-state index contributed by atoms with van der Waals surface area (Å²) in [5.41, 5.74) is 0.794. The quantitative estimate of drug-likeness (QED) is 0.753. The minimum absolute atomic E-state index is 0.231. The van der Waals surface area contributed by atoms with Crippen LogP contribution in [-0.4, -0.2) is 18.3 Å². The average molecular weight is 290 g/mol. The Hall–Kier alpha value is -0.610. The van der Waals surface area contributed by atoms with Crippen LogP contribution in [0.2, 0.25) is 0 Å². The van der Waals surface area contributed by atoms with Gasteiger partial charge in [0.15, 0.2) is 0 Å². The van der Waals surface area contributed by atoms with Gasteiger partial charge in [0.2, 0.25) is 0 Å². The second-order valence-corrected chi connectivity index (χ2v) is 4.54. The minimum Gasteiger partial charge on any atom is -0.396 e. The van der Waals surface area contributed by atoms with Crippen LogP contribution in [0.15, 0.2) is 22.7 Å². The van der Waals surface area contributed by atoms with Gasteiger partial charge in [-0.3, -0.25) is 0 Å². The normalized spacial score (nSPS) is 10.4. The van der Waals surface area contributed by atoms with Crippen molar-refractivity contribution in [2.45, 2.75) is 25.7 Å². The summed E-state index contributed by atoms with van der Waals surface area (Å²) >= 11 is 3.36. The third-order valence-corrected chi connectivity index (χ3v) is 3.02. The SMILES string of the molecule is OCCCCCCNc1cc(F)ccc1Br. The lowest BCUT2D eigenvalue weighted by Crippen LogP contribution is -2.02. The Labute approximate surface area is 104 Å². The molecule has 0 fully saturated rings. The molecule has 0 bridgehead atoms. The van der Waals surface area contributed by atoms with E-state index in [1.54, 1.807) is 6.07 Å². The van der Waals surface area contributed by atoms with E-state index >= 15 is 0 Å². The molecule has 0 aliphatic heterocycles. The Bertz CT molecular complexity index is 320. The first-order valence-electron chi connectivity index (χ1n) is 5.54. The number of rotatable bonds is 7. The Balaban J connectivity index is 2.23. The summed E-state index contributed by atoms with van der Waals surface area (Å²) in [5, 5.41) is 11.8. The zero-order chi connectivity index (χ0) is 11.8. The molecule has 16 heavy (non-hydrogen) atoms. The van der Waals surface area contributed by atoms with Gasteiger partial charge in [-0.05, 0) is 47.0 Å². The summed E-state index contributed by atoms with van der Waals surface area (Å²) in [4.78, 5) is 0. The first kappa shape index (κ1) is 13.5. The van der Waals surface area contributed by atoms with Crippen LogP contribution in [0.25, 0.3) is 0 Å². The van der Waals surface area contributed by atoms with Gasteiger partial charge in [0.25, 0.3) is 0 Å². The van der Waals surface area contributed by atoms with Crippen molar-refractivity contribution >= 4 is 21.6 Å². The Morgan fingerprint density at radius 2 is 1.94 bits per heavy atom. The first-order chi connectivity index (χ1) is 7.74. The van der Waals surface area contributed by atoms with Gasteiger partial charge in [-0.15, -0.1) is 0 Å². The van der Waals surface area contributed by atoms with Gasteiger partial charge in [0, 0.05) is 17.6 Å². The van der Waals surface area contributed by atoms with Crippen molar-refractivity contribution in [3.8, 4) is 0 Å². The van der Waals surface area contributed by atoms with E-state index < -0.39 is 0 Å². The van der Waals surface area contributed by atoms with Crippen LogP contribution >= 0.6 is 15.9 Å². The summed E-state index contributed by atoms with van der Waals surface area (Å²) in [6.45, 7) is 1.09. The maximum absolute atomic E-state index is 12.9. The lowest BCUT2D eigenvalue weighted by atomic mass is 10.2. The third-order valence-electron chi connectivity index (χ3n) is 2.33. The minimum atomic E-state index is -0.231. The molecule has 0 aliphatic rings. The molecule has 90 valence electrons. The van der Waals surface area contributed by atoms with Crippen molar-refractivity contribution in [1.29, 1.82) is 0 Å². The van der Waals surface area contributed by atoms with Gasteiger partial charge in [-0.25, -0.2) is 4.39 Å². The largest absolute Gasteiger partial charge is 0.396 e. The van der Waals surface area contributed by atoms with Crippen molar-refractivity contribution < 1.29 is 9.50 Å². The van der Waals surface area contributed by atoms with E-state index in [4.69, 9.17) is 5.11 Å². The van der Waals surface area contributed by atoms with E-state index in [2.05, 4.69) is 21.2 Å². The highest BCUT2D eigenvalue weighted by Gasteiger charge is 2.00. The Morgan fingerprint density at radius 1 is 1.19 bits per heavy atom. The molecule has 1 aromatic rings. The van der Waals surface area contributed by atoms with Gasteiger partial charge in [-0.2, -0.15) is 0 Å². The maximum Gasteiger partial charge on any atom is 0.125 e. The molecule has 0 amide bonds. The fraction of sp³-hybridized carbons (Fsp3) is 0.500. The van der Waals surface area contributed by atoms with E-state index in [1.807, 2.05) is 0 Å². The second kappa shape index (κ2) is 7.63. The van der Waals surface area contributed by atoms with Crippen molar-refractivity contribution in [2.24, 2.45) is 0 Å². The van der Waals surface area contributed by atoms with Crippen molar-refractivity contribution in [3.05, 3.63) is 28.5 Å². The molecular weight excluding hydrogens is 273 g/mol. The smallest absolute Gasteiger partial charge is 0.125 e.